The predicted molar refractivity (Wildman–Crippen MR) is 381 cm³/mol. The number of fused-ring (bicyclic) bond motifs is 18. The molecule has 2 bridgehead atoms. The molecular formula is C72H89ClN16O13. The van der Waals surface area contributed by atoms with Gasteiger partial charge in [0.15, 0.2) is 5.96 Å². The number of carbonyl (C=O) groups is 12. The summed E-state index contributed by atoms with van der Waals surface area (Å²) in [5, 5.41) is 51.1. The molecule has 1 aromatic heterocycles. The van der Waals surface area contributed by atoms with E-state index in [-0.39, 0.29) is 82.0 Å². The van der Waals surface area contributed by atoms with Crippen LogP contribution in [0.2, 0.25) is 5.02 Å². The van der Waals surface area contributed by atoms with Gasteiger partial charge in [0.2, 0.25) is 70.9 Å². The van der Waals surface area contributed by atoms with E-state index in [1.807, 2.05) is 42.5 Å². The second-order valence-electron chi connectivity index (χ2n) is 26.1. The minimum Gasteiger partial charge on any atom is -0.394 e. The number of aromatic nitrogens is 1. The molecule has 18 N–H and O–H groups in total. The number of H-pyrrole nitrogens is 1. The van der Waals surface area contributed by atoms with E-state index in [0.717, 1.165) is 10.8 Å². The molecule has 9 rings (SSSR count). The van der Waals surface area contributed by atoms with E-state index in [1.165, 1.54) is 30.9 Å². The predicted octanol–water partition coefficient (Wildman–Crippen LogP) is 1.16. The van der Waals surface area contributed by atoms with Crippen molar-refractivity contribution in [2.45, 2.75) is 159 Å². The van der Waals surface area contributed by atoms with Crippen molar-refractivity contribution in [1.82, 2.24) is 63.1 Å². The van der Waals surface area contributed by atoms with Gasteiger partial charge in [-0.25, -0.2) is 0 Å². The van der Waals surface area contributed by atoms with Crippen molar-refractivity contribution in [3.05, 3.63) is 149 Å². The van der Waals surface area contributed by atoms with Crippen molar-refractivity contribution in [1.29, 1.82) is 5.41 Å². The Kier molecular flexibility index (Phi) is 27.4. The number of hydrogen-bond donors (Lipinski definition) is 16. The van der Waals surface area contributed by atoms with Gasteiger partial charge in [-0.2, -0.15) is 0 Å². The average Bonchev–Trinajstić information content (AvgIpc) is 1.62. The first kappa shape index (κ1) is 76.8. The van der Waals surface area contributed by atoms with E-state index in [4.69, 9.17) is 28.5 Å². The van der Waals surface area contributed by atoms with E-state index < -0.39 is 151 Å². The molecule has 1 saturated heterocycles. The summed E-state index contributed by atoms with van der Waals surface area (Å²) in [5.41, 5.74) is 14.2. The van der Waals surface area contributed by atoms with Crippen molar-refractivity contribution in [2.75, 3.05) is 25.0 Å². The highest BCUT2D eigenvalue weighted by molar-refractivity contribution is 6.30. The monoisotopic (exact) mass is 1420 g/mol. The number of guanidine groups is 1. The van der Waals surface area contributed by atoms with Crippen LogP contribution in [0, 0.1) is 11.3 Å². The quantitative estimate of drug-likeness (QED) is 0.0157. The Morgan fingerprint density at radius 2 is 1.29 bits per heavy atom. The summed E-state index contributed by atoms with van der Waals surface area (Å²) in [6.45, 7) is 5.32. The number of anilines is 1. The summed E-state index contributed by atoms with van der Waals surface area (Å²) < 4.78 is 0. The molecule has 0 radical (unpaired) electrons. The summed E-state index contributed by atoms with van der Waals surface area (Å²) >= 11 is 6.26. The number of aromatic amines is 1. The smallest absolute Gasteiger partial charge is 0.246 e. The fourth-order valence-corrected chi connectivity index (χ4v) is 12.4. The number of halogens is 1. The van der Waals surface area contributed by atoms with Crippen molar-refractivity contribution >= 4 is 116 Å². The Morgan fingerprint density at radius 3 is 1.96 bits per heavy atom. The lowest BCUT2D eigenvalue weighted by Gasteiger charge is -2.31. The van der Waals surface area contributed by atoms with E-state index >= 15 is 0 Å². The Morgan fingerprint density at radius 1 is 0.676 bits per heavy atom. The number of nitrogens with two attached hydrogens (primary N) is 2. The van der Waals surface area contributed by atoms with Gasteiger partial charge in [-0.1, -0.05) is 110 Å². The molecule has 102 heavy (non-hydrogen) atoms. The second kappa shape index (κ2) is 36.4. The molecule has 0 spiro atoms. The molecule has 10 atom stereocenters. The number of aliphatic hydroxyl groups excluding tert-OH is 1. The highest BCUT2D eigenvalue weighted by Gasteiger charge is 2.41. The van der Waals surface area contributed by atoms with Crippen LogP contribution < -0.4 is 70.0 Å². The summed E-state index contributed by atoms with van der Waals surface area (Å²) in [5.74, 6) is -10.3. The van der Waals surface area contributed by atoms with Gasteiger partial charge in [0, 0.05) is 79.9 Å². The van der Waals surface area contributed by atoms with Gasteiger partial charge >= 0.3 is 0 Å². The van der Waals surface area contributed by atoms with E-state index in [9.17, 15) is 62.6 Å². The number of nitrogens with zero attached hydrogens (tertiary/aromatic N) is 1. The zero-order valence-electron chi connectivity index (χ0n) is 57.1. The highest BCUT2D eigenvalue weighted by atomic mass is 35.5. The molecule has 1 fully saturated rings. The number of hydrogen-bond acceptors (Lipinski definition) is 14. The summed E-state index contributed by atoms with van der Waals surface area (Å²) in [7, 11) is 0. The third-order valence-electron chi connectivity index (χ3n) is 17.6. The van der Waals surface area contributed by atoms with Gasteiger partial charge in [0.05, 0.1) is 6.61 Å². The van der Waals surface area contributed by atoms with E-state index in [1.54, 1.807) is 80.7 Å². The normalized spacial score (nSPS) is 19.0. The molecular weight excluding hydrogens is 1330 g/mol. The molecule has 0 unspecified atom stereocenters. The van der Waals surface area contributed by atoms with Gasteiger partial charge in [-0.05, 0) is 115 Å². The van der Waals surface area contributed by atoms with E-state index in [0.29, 0.717) is 44.6 Å². The SMILES string of the molecule is CC(=O)N[C@H](Cc1ccc2ccccc2c1)C(=O)N[C@H](Cc1ccc(Cl)cc1)C(=O)N[C@H](Cc1c[nH]c2ccccc12)C(=O)N[C@@H](CO)C(=O)N[C@H]1CCC(=O)Nc2ccc(cc2)C[C@@H](C(=O)N2CCC[C@H]2C(=O)N[C@H](C)C(N)=O)NC(=O)[C@H](CC(C)C)NC(=O)[C@@H](CCCNC(=N)N)NC1=O. The maximum atomic E-state index is 15.0. The Hall–Kier alpha value is -10.9. The van der Waals surface area contributed by atoms with Crippen LogP contribution in [0.25, 0.3) is 21.7 Å². The molecule has 3 aliphatic rings. The largest absolute Gasteiger partial charge is 0.394 e. The third kappa shape index (κ3) is 22.0. The van der Waals surface area contributed by atoms with Gasteiger partial charge in [0.1, 0.15) is 60.4 Å². The Balaban J connectivity index is 1.06. The first-order chi connectivity index (χ1) is 48.7. The number of primary amides is 1. The molecule has 3 aliphatic heterocycles. The molecule has 29 nitrogen and oxygen atoms in total. The number of amides is 12. The number of benzene rings is 5. The first-order valence-corrected chi connectivity index (χ1v) is 34.2. The number of likely N-dealkylation sites (tertiary alicyclic amines) is 1. The Bertz CT molecular complexity index is 4060. The maximum Gasteiger partial charge on any atom is 0.246 e. The fraction of sp³-hybridized carbons (Fsp3) is 0.403. The van der Waals surface area contributed by atoms with Crippen LogP contribution >= 0.6 is 11.6 Å². The van der Waals surface area contributed by atoms with Crippen molar-refractivity contribution < 1.29 is 62.6 Å². The second-order valence-corrected chi connectivity index (χ2v) is 26.5. The topological polar surface area (TPSA) is 452 Å². The summed E-state index contributed by atoms with van der Waals surface area (Å²) in [6, 6.07) is 19.2. The van der Waals surface area contributed by atoms with Crippen molar-refractivity contribution in [3.63, 3.8) is 0 Å². The molecule has 542 valence electrons. The van der Waals surface area contributed by atoms with Crippen LogP contribution in [-0.4, -0.2) is 172 Å². The van der Waals surface area contributed by atoms with Crippen LogP contribution in [-0.2, 0) is 83.2 Å². The minimum absolute atomic E-state index is 0.0147. The molecule has 6 aromatic rings. The Labute approximate surface area is 594 Å². The maximum absolute atomic E-state index is 15.0. The number of para-hydroxylation sites is 1. The van der Waals surface area contributed by atoms with Crippen LogP contribution in [0.1, 0.15) is 94.9 Å². The lowest BCUT2D eigenvalue weighted by atomic mass is 9.99. The van der Waals surface area contributed by atoms with Gasteiger partial charge < -0.3 is 84.9 Å². The lowest BCUT2D eigenvalue weighted by molar-refractivity contribution is -0.142. The average molecular weight is 1420 g/mol. The molecule has 5 aromatic carbocycles. The first-order valence-electron chi connectivity index (χ1n) is 33.9. The van der Waals surface area contributed by atoms with Gasteiger partial charge in [-0.3, -0.25) is 62.9 Å². The fourth-order valence-electron chi connectivity index (χ4n) is 12.3. The van der Waals surface area contributed by atoms with E-state index in [2.05, 4.69) is 63.5 Å². The van der Waals surface area contributed by atoms with Gasteiger partial charge in [0.25, 0.3) is 0 Å². The van der Waals surface area contributed by atoms with Crippen molar-refractivity contribution in [3.8, 4) is 0 Å². The van der Waals surface area contributed by atoms with Crippen LogP contribution in [0.15, 0.2) is 121 Å². The minimum atomic E-state index is -1.86. The number of nitrogens with one attached hydrogen (secondary N) is 13. The molecule has 30 heteroatoms. The summed E-state index contributed by atoms with van der Waals surface area (Å²) in [4.78, 5) is 175. The lowest BCUT2D eigenvalue weighted by Crippen LogP contribution is -2.61. The van der Waals surface area contributed by atoms with Crippen molar-refractivity contribution in [2.24, 2.45) is 17.4 Å². The molecule has 0 saturated carbocycles. The standard InChI is InChI=1S/C72H89ClN16O13/c1-39(2)31-54-65(96)87-58(71(102)89-30-10-16-60(89)70(101)79-40(3)62(74)93)34-43-20-25-49(26-21-43)81-61(92)28-27-53(64(95)82-52(63(94)84-54)15-9-29-77-72(75)76)83-69(100)59(38-90)88-68(99)57(36-47-37-78-51-14-8-7-13-50(47)51)86-67(98)56(33-42-18-23-48(73)24-19-42)85-66(97)55(80-41(4)91)35-44-17-22-45-11-5-6-12-46(45)32-44/h5-8,11-14,17-26,32,37,39-40,52-60,78,90H,9-10,15-16,27-31,33-36,38H2,1-4H3,(H2,74,93)(H,79,101)(H,80,91)(H,81,92)(H,82,95)(H,83,100)(H,84,94)(H,85,97)(H,86,98)(H,87,96)(H,88,99)(H4,75,76,77)/t40-,52-,53+,54+,55-,56-,57-,58+,59+,60+/m1/s1. The van der Waals surface area contributed by atoms with Crippen LogP contribution in [0.3, 0.4) is 0 Å². The highest BCUT2D eigenvalue weighted by Crippen LogP contribution is 2.24. The number of carbonyl (C=O) groups excluding carboxylic acids is 12. The van der Waals surface area contributed by atoms with Crippen LogP contribution in [0.4, 0.5) is 5.69 Å². The zero-order chi connectivity index (χ0) is 73.7. The third-order valence-corrected chi connectivity index (χ3v) is 17.9. The molecule has 4 heterocycles. The van der Waals surface area contributed by atoms with Crippen LogP contribution in [0.5, 0.6) is 0 Å². The molecule has 0 aliphatic carbocycles. The number of aliphatic hydroxyl groups is 1. The summed E-state index contributed by atoms with van der Waals surface area (Å²) in [6.07, 6.45) is 0.863. The number of rotatable bonds is 26. The zero-order valence-corrected chi connectivity index (χ0v) is 57.9. The molecule has 12 amide bonds. The van der Waals surface area contributed by atoms with Gasteiger partial charge in [-0.15, -0.1) is 0 Å².